The summed E-state index contributed by atoms with van der Waals surface area (Å²) in [5.41, 5.74) is 1.30. The minimum atomic E-state index is -0.402. The summed E-state index contributed by atoms with van der Waals surface area (Å²) in [6.45, 7) is -0.187. The summed E-state index contributed by atoms with van der Waals surface area (Å²) in [6, 6.07) is 11.2. The van der Waals surface area contributed by atoms with Crippen molar-refractivity contribution in [1.29, 1.82) is 0 Å². The predicted octanol–water partition coefficient (Wildman–Crippen LogP) is 2.74. The van der Waals surface area contributed by atoms with Gasteiger partial charge in [0.05, 0.1) is 30.3 Å². The van der Waals surface area contributed by atoms with E-state index < -0.39 is 5.82 Å². The lowest BCUT2D eigenvalue weighted by atomic mass is 10.1. The lowest BCUT2D eigenvalue weighted by molar-refractivity contribution is -0.123. The molecule has 1 heterocycles. The van der Waals surface area contributed by atoms with Crippen LogP contribution in [0.15, 0.2) is 42.5 Å². The van der Waals surface area contributed by atoms with Crippen molar-refractivity contribution >= 4 is 38.5 Å². The summed E-state index contributed by atoms with van der Waals surface area (Å²) in [7, 11) is 1.58. The normalized spacial score (nSPS) is 10.5. The molecule has 0 fully saturated rings. The third-order valence-corrected chi connectivity index (χ3v) is 4.48. The molecule has 0 aliphatic rings. The largest absolute Gasteiger partial charge is 0.497 e. The first kappa shape index (κ1) is 17.8. The van der Waals surface area contributed by atoms with Crippen LogP contribution in [0.4, 0.5) is 9.52 Å². The maximum absolute atomic E-state index is 13.1. The fourth-order valence-corrected chi connectivity index (χ4v) is 3.23. The molecule has 3 rings (SSSR count). The molecule has 3 aromatic rings. The molecule has 0 unspecified atom stereocenters. The predicted molar refractivity (Wildman–Crippen MR) is 97.9 cm³/mol. The molecule has 0 atom stereocenters. The molecule has 2 amide bonds. The van der Waals surface area contributed by atoms with E-state index in [4.69, 9.17) is 4.74 Å². The van der Waals surface area contributed by atoms with Gasteiger partial charge in [-0.15, -0.1) is 0 Å². The number of fused-ring (bicyclic) bond motifs is 1. The molecule has 0 radical (unpaired) electrons. The maximum atomic E-state index is 13.1. The van der Waals surface area contributed by atoms with Gasteiger partial charge in [0, 0.05) is 0 Å². The Hall–Kier alpha value is -3.00. The van der Waals surface area contributed by atoms with Crippen molar-refractivity contribution < 1.29 is 18.7 Å². The first-order valence-corrected chi connectivity index (χ1v) is 8.61. The van der Waals surface area contributed by atoms with E-state index in [0.717, 1.165) is 10.2 Å². The van der Waals surface area contributed by atoms with E-state index in [1.54, 1.807) is 25.3 Å². The molecule has 0 saturated carbocycles. The number of nitrogens with zero attached hydrogens (tertiary/aromatic N) is 1. The second kappa shape index (κ2) is 7.92. The lowest BCUT2D eigenvalue weighted by Crippen LogP contribution is -2.33. The number of methoxy groups -OCH3 is 1. The Bertz CT molecular complexity index is 958. The van der Waals surface area contributed by atoms with Crippen LogP contribution in [-0.2, 0) is 16.0 Å². The zero-order valence-electron chi connectivity index (χ0n) is 13.9. The van der Waals surface area contributed by atoms with Gasteiger partial charge < -0.3 is 15.4 Å². The van der Waals surface area contributed by atoms with Gasteiger partial charge in [0.1, 0.15) is 11.6 Å². The summed E-state index contributed by atoms with van der Waals surface area (Å²) in [5, 5.41) is 5.60. The van der Waals surface area contributed by atoms with Crippen molar-refractivity contribution in [3.05, 3.63) is 53.8 Å². The SMILES string of the molecule is COc1ccc2nc(NC(=O)CNC(=O)Cc3cccc(F)c3)sc2c1. The van der Waals surface area contributed by atoms with Gasteiger partial charge in [-0.1, -0.05) is 23.5 Å². The molecule has 2 aromatic carbocycles. The Balaban J connectivity index is 1.53. The lowest BCUT2D eigenvalue weighted by Gasteiger charge is -2.05. The Kier molecular flexibility index (Phi) is 5.43. The minimum absolute atomic E-state index is 0.00592. The molecule has 2 N–H and O–H groups in total. The Morgan fingerprint density at radius 1 is 1.19 bits per heavy atom. The van der Waals surface area contributed by atoms with Crippen LogP contribution < -0.4 is 15.4 Å². The average molecular weight is 373 g/mol. The molecule has 0 aliphatic carbocycles. The standard InChI is InChI=1S/C18H16FN3O3S/c1-25-13-5-6-14-15(9-13)26-18(21-14)22-17(24)10-20-16(23)8-11-3-2-4-12(19)7-11/h2-7,9H,8,10H2,1H3,(H,20,23)(H,21,22,24). The molecule has 1 aromatic heterocycles. The van der Waals surface area contributed by atoms with Crippen LogP contribution in [-0.4, -0.2) is 30.5 Å². The van der Waals surface area contributed by atoms with Gasteiger partial charge in [-0.3, -0.25) is 9.59 Å². The topological polar surface area (TPSA) is 80.3 Å². The van der Waals surface area contributed by atoms with E-state index >= 15 is 0 Å². The first-order chi connectivity index (χ1) is 12.5. The van der Waals surface area contributed by atoms with Crippen LogP contribution in [0.1, 0.15) is 5.56 Å². The van der Waals surface area contributed by atoms with Gasteiger partial charge >= 0.3 is 0 Å². The van der Waals surface area contributed by atoms with Crippen LogP contribution in [0.2, 0.25) is 0 Å². The Morgan fingerprint density at radius 3 is 2.81 bits per heavy atom. The first-order valence-electron chi connectivity index (χ1n) is 7.79. The number of hydrogen-bond donors (Lipinski definition) is 2. The van der Waals surface area contributed by atoms with Gasteiger partial charge in [0.15, 0.2) is 5.13 Å². The summed E-state index contributed by atoms with van der Waals surface area (Å²) in [5.74, 6) is -0.437. The monoisotopic (exact) mass is 373 g/mol. The van der Waals surface area contributed by atoms with Crippen LogP contribution in [0.25, 0.3) is 10.2 Å². The molecule has 26 heavy (non-hydrogen) atoms. The number of thiazole rings is 1. The van der Waals surface area contributed by atoms with Crippen LogP contribution >= 0.6 is 11.3 Å². The summed E-state index contributed by atoms with van der Waals surface area (Å²) >= 11 is 1.32. The van der Waals surface area contributed by atoms with E-state index in [1.165, 1.54) is 29.5 Å². The molecule has 0 bridgehead atoms. The highest BCUT2D eigenvalue weighted by Crippen LogP contribution is 2.28. The number of carbonyl (C=O) groups excluding carboxylic acids is 2. The summed E-state index contributed by atoms with van der Waals surface area (Å²) < 4.78 is 19.1. The van der Waals surface area contributed by atoms with Crippen LogP contribution in [0, 0.1) is 5.82 Å². The Labute approximate surface area is 153 Å². The number of hydrogen-bond acceptors (Lipinski definition) is 5. The van der Waals surface area contributed by atoms with Gasteiger partial charge in [-0.05, 0) is 35.9 Å². The smallest absolute Gasteiger partial charge is 0.245 e. The van der Waals surface area contributed by atoms with Crippen molar-refractivity contribution in [1.82, 2.24) is 10.3 Å². The molecule has 6 nitrogen and oxygen atoms in total. The fraction of sp³-hybridized carbons (Fsp3) is 0.167. The summed E-state index contributed by atoms with van der Waals surface area (Å²) in [4.78, 5) is 28.1. The van der Waals surface area contributed by atoms with Gasteiger partial charge in [0.25, 0.3) is 0 Å². The van der Waals surface area contributed by atoms with Crippen LogP contribution in [0.3, 0.4) is 0 Å². The number of anilines is 1. The number of rotatable bonds is 6. The highest BCUT2D eigenvalue weighted by molar-refractivity contribution is 7.22. The molecular weight excluding hydrogens is 357 g/mol. The van der Waals surface area contributed by atoms with Crippen molar-refractivity contribution in [2.45, 2.75) is 6.42 Å². The number of aromatic nitrogens is 1. The van der Waals surface area contributed by atoms with Crippen molar-refractivity contribution in [3.63, 3.8) is 0 Å². The maximum Gasteiger partial charge on any atom is 0.245 e. The molecule has 0 saturated heterocycles. The van der Waals surface area contributed by atoms with E-state index in [9.17, 15) is 14.0 Å². The van der Waals surface area contributed by atoms with Crippen LogP contribution in [0.5, 0.6) is 5.75 Å². The summed E-state index contributed by atoms with van der Waals surface area (Å²) in [6.07, 6.45) is 0.00592. The zero-order valence-corrected chi connectivity index (χ0v) is 14.7. The fourth-order valence-electron chi connectivity index (χ4n) is 2.32. The van der Waals surface area contributed by atoms with Gasteiger partial charge in [0.2, 0.25) is 11.8 Å². The average Bonchev–Trinajstić information content (AvgIpc) is 3.01. The number of ether oxygens (including phenoxy) is 1. The Morgan fingerprint density at radius 2 is 2.04 bits per heavy atom. The third kappa shape index (κ3) is 4.54. The number of halogens is 1. The number of amides is 2. The van der Waals surface area contributed by atoms with E-state index in [2.05, 4.69) is 15.6 Å². The second-order valence-corrected chi connectivity index (χ2v) is 6.51. The van der Waals surface area contributed by atoms with E-state index in [1.807, 2.05) is 6.07 Å². The molecule has 0 spiro atoms. The van der Waals surface area contributed by atoms with Crippen molar-refractivity contribution in [3.8, 4) is 5.75 Å². The molecule has 8 heteroatoms. The molecule has 0 aliphatic heterocycles. The number of carbonyl (C=O) groups is 2. The van der Waals surface area contributed by atoms with E-state index in [0.29, 0.717) is 16.4 Å². The second-order valence-electron chi connectivity index (χ2n) is 5.48. The number of nitrogens with one attached hydrogen (secondary N) is 2. The quantitative estimate of drug-likeness (QED) is 0.696. The highest BCUT2D eigenvalue weighted by atomic mass is 32.1. The van der Waals surface area contributed by atoms with Crippen molar-refractivity contribution in [2.24, 2.45) is 0 Å². The van der Waals surface area contributed by atoms with Crippen molar-refractivity contribution in [2.75, 3.05) is 19.0 Å². The third-order valence-electron chi connectivity index (χ3n) is 3.54. The molecule has 134 valence electrons. The molecular formula is C18H16FN3O3S. The number of benzene rings is 2. The zero-order chi connectivity index (χ0) is 18.5. The highest BCUT2D eigenvalue weighted by Gasteiger charge is 2.10. The van der Waals surface area contributed by atoms with Gasteiger partial charge in [-0.25, -0.2) is 9.37 Å². The van der Waals surface area contributed by atoms with E-state index in [-0.39, 0.29) is 24.8 Å². The van der Waals surface area contributed by atoms with Gasteiger partial charge in [-0.2, -0.15) is 0 Å². The minimum Gasteiger partial charge on any atom is -0.497 e.